The molecule has 0 aliphatic heterocycles. The van der Waals surface area contributed by atoms with Crippen LogP contribution in [0.3, 0.4) is 0 Å². The van der Waals surface area contributed by atoms with Crippen LogP contribution in [0.4, 0.5) is 0 Å². The van der Waals surface area contributed by atoms with Gasteiger partial charge in [0.05, 0.1) is 23.0 Å². The van der Waals surface area contributed by atoms with Gasteiger partial charge in [-0.3, -0.25) is 0 Å². The van der Waals surface area contributed by atoms with E-state index in [4.69, 9.17) is 16.3 Å². The van der Waals surface area contributed by atoms with Gasteiger partial charge in [-0.15, -0.1) is 12.4 Å². The molecule has 0 spiro atoms. The van der Waals surface area contributed by atoms with Crippen LogP contribution in [0.1, 0.15) is 17.2 Å². The first-order valence-electron chi connectivity index (χ1n) is 9.52. The first kappa shape index (κ1) is 25.2. The van der Waals surface area contributed by atoms with Crippen LogP contribution in [0.5, 0.6) is 5.75 Å². The molecule has 0 aromatic heterocycles. The second-order valence-corrected chi connectivity index (χ2v) is 9.23. The molecule has 31 heavy (non-hydrogen) atoms. The van der Waals surface area contributed by atoms with Gasteiger partial charge in [-0.1, -0.05) is 35.9 Å². The SMILES string of the molecule is COc1ccc(S(=O)(=O)c2ccc(CCNC[C@H](O)c3cccc(Cl)c3)cc2)cc1.Cl. The van der Waals surface area contributed by atoms with Gasteiger partial charge >= 0.3 is 0 Å². The highest BCUT2D eigenvalue weighted by molar-refractivity contribution is 7.91. The molecule has 166 valence electrons. The molecule has 0 amide bonds. The normalized spacial score (nSPS) is 12.1. The van der Waals surface area contributed by atoms with Crippen molar-refractivity contribution in [2.24, 2.45) is 0 Å². The fraction of sp³-hybridized carbons (Fsp3) is 0.217. The first-order chi connectivity index (χ1) is 14.4. The fourth-order valence-electron chi connectivity index (χ4n) is 3.03. The topological polar surface area (TPSA) is 75.6 Å². The third-order valence-corrected chi connectivity index (χ3v) is 6.79. The van der Waals surface area contributed by atoms with Crippen LogP contribution in [0.25, 0.3) is 0 Å². The maximum atomic E-state index is 12.7. The highest BCUT2D eigenvalue weighted by Crippen LogP contribution is 2.23. The number of nitrogens with one attached hydrogen (secondary N) is 1. The lowest BCUT2D eigenvalue weighted by atomic mass is 10.1. The molecular formula is C23H25Cl2NO4S. The molecule has 0 aliphatic carbocycles. The molecular weight excluding hydrogens is 457 g/mol. The van der Waals surface area contributed by atoms with Gasteiger partial charge in [0.2, 0.25) is 9.84 Å². The number of methoxy groups -OCH3 is 1. The van der Waals surface area contributed by atoms with E-state index >= 15 is 0 Å². The fourth-order valence-corrected chi connectivity index (χ4v) is 4.49. The number of hydrogen-bond donors (Lipinski definition) is 2. The Balaban J connectivity index is 0.00000341. The predicted molar refractivity (Wildman–Crippen MR) is 125 cm³/mol. The van der Waals surface area contributed by atoms with Crippen molar-refractivity contribution in [2.75, 3.05) is 20.2 Å². The Bertz CT molecular complexity index is 1070. The quantitative estimate of drug-likeness (QED) is 0.441. The molecule has 1 atom stereocenters. The van der Waals surface area contributed by atoms with E-state index in [2.05, 4.69) is 5.32 Å². The van der Waals surface area contributed by atoms with Gasteiger partial charge in [-0.25, -0.2) is 8.42 Å². The molecule has 0 radical (unpaired) electrons. The van der Waals surface area contributed by atoms with E-state index in [1.165, 1.54) is 19.2 Å². The van der Waals surface area contributed by atoms with Gasteiger partial charge in [0.25, 0.3) is 0 Å². The molecule has 5 nitrogen and oxygen atoms in total. The Labute approximate surface area is 194 Å². The van der Waals surface area contributed by atoms with Crippen molar-refractivity contribution < 1.29 is 18.3 Å². The van der Waals surface area contributed by atoms with Gasteiger partial charge in [0, 0.05) is 11.6 Å². The van der Waals surface area contributed by atoms with Crippen molar-refractivity contribution in [1.29, 1.82) is 0 Å². The molecule has 0 fully saturated rings. The lowest BCUT2D eigenvalue weighted by molar-refractivity contribution is 0.175. The molecule has 0 unspecified atom stereocenters. The zero-order chi connectivity index (χ0) is 21.6. The molecule has 0 bridgehead atoms. The summed E-state index contributed by atoms with van der Waals surface area (Å²) < 4.78 is 30.6. The Morgan fingerprint density at radius 2 is 1.61 bits per heavy atom. The summed E-state index contributed by atoms with van der Waals surface area (Å²) >= 11 is 5.95. The van der Waals surface area contributed by atoms with E-state index in [-0.39, 0.29) is 22.2 Å². The lowest BCUT2D eigenvalue weighted by Crippen LogP contribution is -2.23. The largest absolute Gasteiger partial charge is 0.497 e. The summed E-state index contributed by atoms with van der Waals surface area (Å²) in [6.45, 7) is 1.06. The van der Waals surface area contributed by atoms with Gasteiger partial charge in [0.15, 0.2) is 0 Å². The Kier molecular flexibility index (Phi) is 9.34. The Morgan fingerprint density at radius 1 is 1.00 bits per heavy atom. The summed E-state index contributed by atoms with van der Waals surface area (Å²) in [5, 5.41) is 14.0. The number of halogens is 2. The number of rotatable bonds is 9. The molecule has 3 aromatic rings. The van der Waals surface area contributed by atoms with Crippen LogP contribution in [0.15, 0.2) is 82.6 Å². The molecule has 0 saturated carbocycles. The average molecular weight is 482 g/mol. The van der Waals surface area contributed by atoms with Crippen molar-refractivity contribution in [3.63, 3.8) is 0 Å². The van der Waals surface area contributed by atoms with Crippen LogP contribution in [0.2, 0.25) is 5.02 Å². The van der Waals surface area contributed by atoms with E-state index in [9.17, 15) is 13.5 Å². The Morgan fingerprint density at radius 3 is 2.19 bits per heavy atom. The maximum absolute atomic E-state index is 12.7. The zero-order valence-electron chi connectivity index (χ0n) is 17.0. The summed E-state index contributed by atoms with van der Waals surface area (Å²) in [7, 11) is -2.03. The van der Waals surface area contributed by atoms with Crippen LogP contribution in [-0.2, 0) is 16.3 Å². The van der Waals surface area contributed by atoms with E-state index in [1.807, 2.05) is 24.3 Å². The summed E-state index contributed by atoms with van der Waals surface area (Å²) in [5.74, 6) is 0.609. The minimum Gasteiger partial charge on any atom is -0.497 e. The van der Waals surface area contributed by atoms with E-state index in [1.54, 1.807) is 36.4 Å². The number of benzene rings is 3. The number of hydrogen-bond acceptors (Lipinski definition) is 5. The minimum absolute atomic E-state index is 0. The predicted octanol–water partition coefficient (Wildman–Crippen LogP) is 4.47. The summed E-state index contributed by atoms with van der Waals surface area (Å²) in [4.78, 5) is 0.480. The molecule has 0 heterocycles. The highest BCUT2D eigenvalue weighted by Gasteiger charge is 2.17. The molecule has 3 rings (SSSR count). The molecule has 8 heteroatoms. The van der Waals surface area contributed by atoms with Gasteiger partial charge in [0.1, 0.15) is 5.75 Å². The average Bonchev–Trinajstić information content (AvgIpc) is 2.77. The second-order valence-electron chi connectivity index (χ2n) is 6.85. The monoisotopic (exact) mass is 481 g/mol. The van der Waals surface area contributed by atoms with Gasteiger partial charge < -0.3 is 15.2 Å². The summed E-state index contributed by atoms with van der Waals surface area (Å²) in [6, 6.07) is 20.4. The van der Waals surface area contributed by atoms with Crippen molar-refractivity contribution in [3.8, 4) is 5.75 Å². The second kappa shape index (κ2) is 11.5. The van der Waals surface area contributed by atoms with E-state index in [0.29, 0.717) is 30.3 Å². The number of ether oxygens (including phenoxy) is 1. The van der Waals surface area contributed by atoms with Crippen LogP contribution in [0, 0.1) is 0 Å². The molecule has 0 aliphatic rings. The van der Waals surface area contributed by atoms with Crippen molar-refractivity contribution >= 4 is 33.8 Å². The van der Waals surface area contributed by atoms with Crippen molar-refractivity contribution in [3.05, 3.63) is 88.9 Å². The Hall–Kier alpha value is -2.09. The van der Waals surface area contributed by atoms with Gasteiger partial charge in [-0.05, 0) is 72.6 Å². The zero-order valence-corrected chi connectivity index (χ0v) is 19.4. The minimum atomic E-state index is -3.57. The third-order valence-electron chi connectivity index (χ3n) is 4.76. The first-order valence-corrected chi connectivity index (χ1v) is 11.4. The summed E-state index contributed by atoms with van der Waals surface area (Å²) in [5.41, 5.74) is 1.77. The number of aliphatic hydroxyl groups excluding tert-OH is 1. The lowest BCUT2D eigenvalue weighted by Gasteiger charge is -2.12. The van der Waals surface area contributed by atoms with Crippen molar-refractivity contribution in [2.45, 2.75) is 22.3 Å². The van der Waals surface area contributed by atoms with E-state index in [0.717, 1.165) is 11.1 Å². The van der Waals surface area contributed by atoms with Crippen LogP contribution >= 0.6 is 24.0 Å². The maximum Gasteiger partial charge on any atom is 0.206 e. The van der Waals surface area contributed by atoms with Crippen LogP contribution < -0.4 is 10.1 Å². The molecule has 3 aromatic carbocycles. The third kappa shape index (κ3) is 6.69. The molecule has 0 saturated heterocycles. The standard InChI is InChI=1S/C23H24ClNO4S.ClH/c1-29-20-7-11-22(12-8-20)30(27,28)21-9-5-17(6-10-21)13-14-25-16-23(26)18-3-2-4-19(24)15-18;/h2-12,15,23,25-26H,13-14,16H2,1H3;1H/t23-;/m0./s1. The smallest absolute Gasteiger partial charge is 0.206 e. The highest BCUT2D eigenvalue weighted by atomic mass is 35.5. The van der Waals surface area contributed by atoms with Crippen LogP contribution in [-0.4, -0.2) is 33.7 Å². The summed E-state index contributed by atoms with van der Waals surface area (Å²) in [6.07, 6.45) is 0.0752. The van der Waals surface area contributed by atoms with Crippen molar-refractivity contribution in [1.82, 2.24) is 5.32 Å². The molecule has 2 N–H and O–H groups in total. The van der Waals surface area contributed by atoms with Gasteiger partial charge in [-0.2, -0.15) is 0 Å². The number of sulfone groups is 1. The number of aliphatic hydroxyl groups is 1. The van der Waals surface area contributed by atoms with E-state index < -0.39 is 15.9 Å².